The van der Waals surface area contributed by atoms with Crippen molar-refractivity contribution in [2.45, 2.75) is 19.5 Å². The molecule has 0 bridgehead atoms. The van der Waals surface area contributed by atoms with E-state index in [2.05, 4.69) is 4.98 Å². The number of nitrogens with zero attached hydrogens (tertiary/aromatic N) is 4. The number of fused-ring (bicyclic) bond motifs is 1. The number of carbonyl (C=O) groups is 2. The molecule has 4 rings (SSSR count). The van der Waals surface area contributed by atoms with Gasteiger partial charge in [-0.3, -0.25) is 14.2 Å². The summed E-state index contributed by atoms with van der Waals surface area (Å²) in [7, 11) is 1.53. The fraction of sp³-hybridized carbons (Fsp3) is 0.286. The lowest BCUT2D eigenvalue weighted by Gasteiger charge is -2.22. The van der Waals surface area contributed by atoms with Crippen molar-refractivity contribution >= 4 is 40.1 Å². The maximum absolute atomic E-state index is 13.6. The molecule has 30 heavy (non-hydrogen) atoms. The fourth-order valence-electron chi connectivity index (χ4n) is 3.79. The summed E-state index contributed by atoms with van der Waals surface area (Å²) < 4.78 is 28.1. The molecule has 2 aromatic carbocycles. The van der Waals surface area contributed by atoms with Gasteiger partial charge in [0.25, 0.3) is 0 Å². The minimum absolute atomic E-state index is 0.0565. The molecular formula is C21H19ClF2N4O2. The van der Waals surface area contributed by atoms with Crippen molar-refractivity contribution in [1.82, 2.24) is 14.5 Å². The number of rotatable bonds is 5. The molecule has 0 spiro atoms. The van der Waals surface area contributed by atoms with Crippen molar-refractivity contribution in [3.8, 4) is 0 Å². The van der Waals surface area contributed by atoms with E-state index in [1.54, 1.807) is 48.5 Å². The van der Waals surface area contributed by atoms with Gasteiger partial charge in [0.15, 0.2) is 0 Å². The average molecular weight is 433 g/mol. The molecule has 3 aromatic rings. The van der Waals surface area contributed by atoms with Crippen molar-refractivity contribution in [2.75, 3.05) is 18.5 Å². The van der Waals surface area contributed by atoms with Gasteiger partial charge in [0, 0.05) is 30.7 Å². The Hall–Kier alpha value is -3.00. The van der Waals surface area contributed by atoms with Crippen LogP contribution in [-0.4, -0.2) is 39.9 Å². The molecule has 6 nitrogen and oxygen atoms in total. The summed E-state index contributed by atoms with van der Waals surface area (Å²) in [4.78, 5) is 32.5. The van der Waals surface area contributed by atoms with E-state index in [0.717, 1.165) is 4.57 Å². The quantitative estimate of drug-likeness (QED) is 0.610. The number of alkyl halides is 2. The first-order chi connectivity index (χ1) is 14.3. The van der Waals surface area contributed by atoms with E-state index in [1.165, 1.54) is 16.8 Å². The molecule has 0 N–H and O–H groups in total. The molecule has 1 aliphatic heterocycles. The van der Waals surface area contributed by atoms with Crippen molar-refractivity contribution in [1.29, 1.82) is 0 Å². The number of halogens is 3. The topological polar surface area (TPSA) is 58.4 Å². The first-order valence-electron chi connectivity index (χ1n) is 9.40. The Bertz CT molecular complexity index is 1120. The average Bonchev–Trinajstić information content (AvgIpc) is 3.27. The van der Waals surface area contributed by atoms with E-state index in [-0.39, 0.29) is 37.1 Å². The van der Waals surface area contributed by atoms with Crippen LogP contribution < -0.4 is 4.90 Å². The van der Waals surface area contributed by atoms with Gasteiger partial charge in [-0.15, -0.1) is 0 Å². The molecule has 0 aliphatic carbocycles. The number of imidazole rings is 1. The van der Waals surface area contributed by atoms with Gasteiger partial charge in [0.1, 0.15) is 5.82 Å². The molecule has 1 fully saturated rings. The van der Waals surface area contributed by atoms with Crippen LogP contribution in [0.4, 0.5) is 14.5 Å². The Morgan fingerprint density at radius 2 is 2.03 bits per heavy atom. The predicted octanol–water partition coefficient (Wildman–Crippen LogP) is 4.10. The number of amides is 2. The zero-order valence-electron chi connectivity index (χ0n) is 16.1. The third-order valence-electron chi connectivity index (χ3n) is 5.21. The van der Waals surface area contributed by atoms with Gasteiger partial charge in [-0.2, -0.15) is 8.78 Å². The van der Waals surface area contributed by atoms with Crippen LogP contribution in [0.2, 0.25) is 5.02 Å². The van der Waals surface area contributed by atoms with Crippen molar-refractivity contribution in [2.24, 2.45) is 5.92 Å². The van der Waals surface area contributed by atoms with Gasteiger partial charge in [-0.05, 0) is 30.3 Å². The van der Waals surface area contributed by atoms with Gasteiger partial charge >= 0.3 is 6.55 Å². The van der Waals surface area contributed by atoms with Crippen LogP contribution in [0.1, 0.15) is 18.8 Å². The molecule has 0 saturated carbocycles. The number of aromatic nitrogens is 2. The van der Waals surface area contributed by atoms with E-state index in [0.29, 0.717) is 21.7 Å². The molecule has 156 valence electrons. The van der Waals surface area contributed by atoms with Crippen molar-refractivity contribution < 1.29 is 18.4 Å². The van der Waals surface area contributed by atoms with Crippen LogP contribution in [-0.2, 0) is 16.1 Å². The van der Waals surface area contributed by atoms with E-state index in [1.807, 2.05) is 0 Å². The van der Waals surface area contributed by atoms with Crippen LogP contribution in [0.3, 0.4) is 0 Å². The van der Waals surface area contributed by atoms with E-state index in [4.69, 9.17) is 11.6 Å². The number of hydrogen-bond donors (Lipinski definition) is 0. The standard InChI is InChI=1S/C21H19ClF2N4O2/c1-26(12-18-25-16-7-2-3-8-17(16)28(18)21(23)24)20(30)13-9-19(29)27(11-13)15-6-4-5-14(22)10-15/h2-8,10,13,21H,9,11-12H2,1H3/t13-/m0/s1. The zero-order valence-corrected chi connectivity index (χ0v) is 16.9. The Morgan fingerprint density at radius 3 is 2.77 bits per heavy atom. The minimum Gasteiger partial charge on any atom is -0.338 e. The second-order valence-corrected chi connectivity index (χ2v) is 7.68. The summed E-state index contributed by atoms with van der Waals surface area (Å²) in [6.07, 6.45) is 0.0565. The Kier molecular flexibility index (Phi) is 5.42. The molecule has 0 unspecified atom stereocenters. The summed E-state index contributed by atoms with van der Waals surface area (Å²) >= 11 is 6.00. The summed E-state index contributed by atoms with van der Waals surface area (Å²) in [6.45, 7) is -2.64. The lowest BCUT2D eigenvalue weighted by atomic mass is 10.1. The monoisotopic (exact) mass is 432 g/mol. The molecular weight excluding hydrogens is 414 g/mol. The highest BCUT2D eigenvalue weighted by Crippen LogP contribution is 2.29. The molecule has 1 aromatic heterocycles. The molecule has 1 atom stereocenters. The van der Waals surface area contributed by atoms with Crippen molar-refractivity contribution in [3.63, 3.8) is 0 Å². The third-order valence-corrected chi connectivity index (χ3v) is 5.45. The van der Waals surface area contributed by atoms with E-state index >= 15 is 0 Å². The highest BCUT2D eigenvalue weighted by Gasteiger charge is 2.37. The van der Waals surface area contributed by atoms with Gasteiger partial charge in [0.2, 0.25) is 11.8 Å². The first-order valence-corrected chi connectivity index (χ1v) is 9.78. The largest absolute Gasteiger partial charge is 0.338 e. The normalized spacial score (nSPS) is 16.6. The highest BCUT2D eigenvalue weighted by molar-refractivity contribution is 6.31. The number of anilines is 1. The zero-order chi connectivity index (χ0) is 21.4. The van der Waals surface area contributed by atoms with Crippen LogP contribution in [0.25, 0.3) is 11.0 Å². The molecule has 2 heterocycles. The van der Waals surface area contributed by atoms with Crippen LogP contribution in [0.15, 0.2) is 48.5 Å². The molecule has 2 amide bonds. The summed E-state index contributed by atoms with van der Waals surface area (Å²) in [5.41, 5.74) is 1.38. The highest BCUT2D eigenvalue weighted by atomic mass is 35.5. The van der Waals surface area contributed by atoms with Crippen LogP contribution in [0.5, 0.6) is 0 Å². The second kappa shape index (κ2) is 8.02. The minimum atomic E-state index is -2.78. The van der Waals surface area contributed by atoms with E-state index in [9.17, 15) is 18.4 Å². The number of hydrogen-bond acceptors (Lipinski definition) is 3. The lowest BCUT2D eigenvalue weighted by molar-refractivity contribution is -0.135. The van der Waals surface area contributed by atoms with Crippen molar-refractivity contribution in [3.05, 3.63) is 59.4 Å². The third kappa shape index (κ3) is 3.75. The molecule has 1 saturated heterocycles. The maximum atomic E-state index is 13.6. The Balaban J connectivity index is 1.52. The smallest absolute Gasteiger partial charge is 0.320 e. The summed E-state index contributed by atoms with van der Waals surface area (Å²) in [6, 6.07) is 13.5. The number of para-hydroxylation sites is 2. The van der Waals surface area contributed by atoms with Crippen LogP contribution >= 0.6 is 11.6 Å². The maximum Gasteiger partial charge on any atom is 0.320 e. The number of carbonyl (C=O) groups excluding carboxylic acids is 2. The fourth-order valence-corrected chi connectivity index (χ4v) is 3.98. The SMILES string of the molecule is CN(Cc1nc2ccccc2n1C(F)F)C(=O)[C@H]1CC(=O)N(c2cccc(Cl)c2)C1. The van der Waals surface area contributed by atoms with Gasteiger partial charge in [-0.1, -0.05) is 29.8 Å². The Labute approximate surface area is 176 Å². The van der Waals surface area contributed by atoms with Gasteiger partial charge in [0.05, 0.1) is 23.5 Å². The summed E-state index contributed by atoms with van der Waals surface area (Å²) in [5, 5.41) is 0.498. The molecule has 9 heteroatoms. The predicted molar refractivity (Wildman–Crippen MR) is 109 cm³/mol. The van der Waals surface area contributed by atoms with Gasteiger partial charge < -0.3 is 9.80 Å². The lowest BCUT2D eigenvalue weighted by Crippen LogP contribution is -2.35. The summed E-state index contributed by atoms with van der Waals surface area (Å²) in [5.74, 6) is -0.937. The van der Waals surface area contributed by atoms with Crippen LogP contribution in [0, 0.1) is 5.92 Å². The number of benzene rings is 2. The molecule has 1 aliphatic rings. The first kappa shape index (κ1) is 20.3. The second-order valence-electron chi connectivity index (χ2n) is 7.24. The molecule has 0 radical (unpaired) electrons. The van der Waals surface area contributed by atoms with Gasteiger partial charge in [-0.25, -0.2) is 4.98 Å². The van der Waals surface area contributed by atoms with E-state index < -0.39 is 12.5 Å². The Morgan fingerprint density at radius 1 is 1.27 bits per heavy atom.